The summed E-state index contributed by atoms with van der Waals surface area (Å²) in [4.78, 5) is 0. The van der Waals surface area contributed by atoms with Gasteiger partial charge < -0.3 is 4.42 Å². The average Bonchev–Trinajstić information content (AvgIpc) is 3.48. The van der Waals surface area contributed by atoms with E-state index in [2.05, 4.69) is 129 Å². The molecule has 0 saturated heterocycles. The lowest BCUT2D eigenvalue weighted by Crippen LogP contribution is -2.22. The highest BCUT2D eigenvalue weighted by atomic mass is 16.3. The van der Waals surface area contributed by atoms with Gasteiger partial charge in [0, 0.05) is 16.2 Å². The molecule has 6 aromatic carbocycles. The third-order valence-electron chi connectivity index (χ3n) is 8.92. The molecule has 1 aliphatic rings. The van der Waals surface area contributed by atoms with Gasteiger partial charge in [0.1, 0.15) is 11.2 Å². The monoisotopic (exact) mass is 500 g/mol. The Morgan fingerprint density at radius 1 is 0.615 bits per heavy atom. The minimum Gasteiger partial charge on any atom is -0.456 e. The van der Waals surface area contributed by atoms with Crippen molar-refractivity contribution in [1.29, 1.82) is 0 Å². The van der Waals surface area contributed by atoms with Crippen LogP contribution < -0.4 is 0 Å². The standard InChI is InChI=1S/C38H28O/c1-24-21-33-37(29-15-7-6-14-28(24)29)30-20-19-25(23-32(30)38(33,2)27-12-4-3-5-13-27)22-26-11-10-18-35-36(26)31-16-8-9-17-34(31)39-35/h3-21,23H,22H2,1-2H3. The number of aryl methyl sites for hydroxylation is 1. The largest absolute Gasteiger partial charge is 0.456 e. The number of fused-ring (bicyclic) bond motifs is 8. The van der Waals surface area contributed by atoms with Crippen molar-refractivity contribution in [3.63, 3.8) is 0 Å². The molecule has 39 heavy (non-hydrogen) atoms. The third kappa shape index (κ3) is 3.14. The Kier molecular flexibility index (Phi) is 4.70. The first kappa shape index (κ1) is 22.4. The van der Waals surface area contributed by atoms with Gasteiger partial charge in [-0.2, -0.15) is 0 Å². The van der Waals surface area contributed by atoms with Gasteiger partial charge in [-0.3, -0.25) is 0 Å². The lowest BCUT2D eigenvalue weighted by atomic mass is 9.73. The van der Waals surface area contributed by atoms with E-state index in [4.69, 9.17) is 4.42 Å². The van der Waals surface area contributed by atoms with Crippen molar-refractivity contribution in [1.82, 2.24) is 0 Å². The molecule has 0 bridgehead atoms. The lowest BCUT2D eigenvalue weighted by molar-refractivity contribution is 0.668. The van der Waals surface area contributed by atoms with E-state index in [0.717, 1.165) is 17.6 Å². The van der Waals surface area contributed by atoms with Crippen molar-refractivity contribution >= 4 is 32.7 Å². The van der Waals surface area contributed by atoms with Gasteiger partial charge in [-0.1, -0.05) is 109 Å². The predicted octanol–water partition coefficient (Wildman–Crippen LogP) is 9.97. The van der Waals surface area contributed by atoms with Crippen LogP contribution in [0.1, 0.15) is 40.3 Å². The Morgan fingerprint density at radius 3 is 2.18 bits per heavy atom. The van der Waals surface area contributed by atoms with E-state index in [1.54, 1.807) is 0 Å². The van der Waals surface area contributed by atoms with Crippen LogP contribution in [0, 0.1) is 6.92 Å². The van der Waals surface area contributed by atoms with E-state index in [1.807, 2.05) is 6.07 Å². The Balaban J connectivity index is 1.36. The maximum absolute atomic E-state index is 6.19. The fourth-order valence-electron chi connectivity index (χ4n) is 7.02. The normalized spacial score (nSPS) is 16.2. The van der Waals surface area contributed by atoms with Crippen LogP contribution >= 0.6 is 0 Å². The van der Waals surface area contributed by atoms with Gasteiger partial charge in [0.05, 0.1) is 0 Å². The quantitative estimate of drug-likeness (QED) is 0.235. The molecule has 0 radical (unpaired) electrons. The highest BCUT2D eigenvalue weighted by Crippen LogP contribution is 2.55. The minimum absolute atomic E-state index is 0.231. The van der Waals surface area contributed by atoms with Crippen molar-refractivity contribution in [2.45, 2.75) is 25.7 Å². The summed E-state index contributed by atoms with van der Waals surface area (Å²) in [5.74, 6) is 0. The maximum atomic E-state index is 6.19. The summed E-state index contributed by atoms with van der Waals surface area (Å²) in [6.45, 7) is 4.66. The van der Waals surface area contributed by atoms with Crippen LogP contribution in [0.15, 0.2) is 126 Å². The van der Waals surface area contributed by atoms with E-state index < -0.39 is 0 Å². The first-order valence-corrected chi connectivity index (χ1v) is 13.7. The van der Waals surface area contributed by atoms with E-state index in [0.29, 0.717) is 0 Å². The molecule has 1 aromatic heterocycles. The number of hydrogen-bond acceptors (Lipinski definition) is 1. The second kappa shape index (κ2) is 8.19. The molecule has 0 fully saturated rings. The van der Waals surface area contributed by atoms with Gasteiger partial charge in [0.15, 0.2) is 0 Å². The summed E-state index contributed by atoms with van der Waals surface area (Å²) >= 11 is 0. The van der Waals surface area contributed by atoms with Crippen LogP contribution in [-0.4, -0.2) is 0 Å². The van der Waals surface area contributed by atoms with Crippen LogP contribution in [-0.2, 0) is 11.8 Å². The zero-order valence-electron chi connectivity index (χ0n) is 22.2. The number of para-hydroxylation sites is 1. The molecule has 0 amide bonds. The second-order valence-electron chi connectivity index (χ2n) is 11.1. The molecule has 1 atom stereocenters. The molecule has 0 saturated carbocycles. The first-order valence-electron chi connectivity index (χ1n) is 13.7. The molecule has 1 nitrogen and oxygen atoms in total. The van der Waals surface area contributed by atoms with Gasteiger partial charge in [0.2, 0.25) is 0 Å². The summed E-state index contributed by atoms with van der Waals surface area (Å²) < 4.78 is 6.19. The van der Waals surface area contributed by atoms with Crippen LogP contribution in [0.3, 0.4) is 0 Å². The molecular formula is C38H28O. The van der Waals surface area contributed by atoms with Crippen molar-refractivity contribution in [2.24, 2.45) is 0 Å². The molecule has 186 valence electrons. The number of hydrogen-bond donors (Lipinski definition) is 0. The molecule has 0 N–H and O–H groups in total. The Hall–Kier alpha value is -4.62. The highest BCUT2D eigenvalue weighted by Gasteiger charge is 2.42. The molecule has 7 aromatic rings. The smallest absolute Gasteiger partial charge is 0.135 e. The molecular weight excluding hydrogens is 472 g/mol. The highest BCUT2D eigenvalue weighted by molar-refractivity contribution is 6.07. The Bertz CT molecular complexity index is 2060. The molecule has 1 aliphatic carbocycles. The van der Waals surface area contributed by atoms with Gasteiger partial charge in [-0.25, -0.2) is 0 Å². The molecule has 1 unspecified atom stereocenters. The topological polar surface area (TPSA) is 13.1 Å². The summed E-state index contributed by atoms with van der Waals surface area (Å²) in [5, 5.41) is 5.09. The molecule has 8 rings (SSSR count). The van der Waals surface area contributed by atoms with E-state index in [9.17, 15) is 0 Å². The molecule has 0 spiro atoms. The number of furan rings is 1. The summed E-state index contributed by atoms with van der Waals surface area (Å²) in [6.07, 6.45) is 0.856. The van der Waals surface area contributed by atoms with Crippen LogP contribution in [0.5, 0.6) is 0 Å². The van der Waals surface area contributed by atoms with Gasteiger partial charge in [-0.05, 0) is 87.7 Å². The second-order valence-corrected chi connectivity index (χ2v) is 11.1. The average molecular weight is 501 g/mol. The van der Waals surface area contributed by atoms with Crippen molar-refractivity contribution in [3.05, 3.63) is 155 Å². The SMILES string of the molecule is Cc1cc2c(c3ccccc13)-c1ccc(Cc3cccc4oc5ccccc5c34)cc1C2(C)c1ccccc1. The van der Waals surface area contributed by atoms with Gasteiger partial charge >= 0.3 is 0 Å². The van der Waals surface area contributed by atoms with Crippen LogP contribution in [0.4, 0.5) is 0 Å². The van der Waals surface area contributed by atoms with E-state index in [-0.39, 0.29) is 5.41 Å². The van der Waals surface area contributed by atoms with Crippen molar-refractivity contribution in [3.8, 4) is 11.1 Å². The Morgan fingerprint density at radius 2 is 1.33 bits per heavy atom. The fraction of sp³-hybridized carbons (Fsp3) is 0.105. The predicted molar refractivity (Wildman–Crippen MR) is 163 cm³/mol. The van der Waals surface area contributed by atoms with E-state index in [1.165, 1.54) is 66.1 Å². The van der Waals surface area contributed by atoms with E-state index >= 15 is 0 Å². The first-order chi connectivity index (χ1) is 19.1. The van der Waals surface area contributed by atoms with Crippen molar-refractivity contribution in [2.75, 3.05) is 0 Å². The van der Waals surface area contributed by atoms with Gasteiger partial charge in [0.25, 0.3) is 0 Å². The Labute approximate surface area is 228 Å². The zero-order chi connectivity index (χ0) is 26.1. The third-order valence-corrected chi connectivity index (χ3v) is 8.92. The number of benzene rings is 6. The summed E-state index contributed by atoms with van der Waals surface area (Å²) in [6, 6.07) is 44.3. The summed E-state index contributed by atoms with van der Waals surface area (Å²) in [7, 11) is 0. The fourth-order valence-corrected chi connectivity index (χ4v) is 7.02. The molecule has 0 aliphatic heterocycles. The van der Waals surface area contributed by atoms with Crippen molar-refractivity contribution < 1.29 is 4.42 Å². The minimum atomic E-state index is -0.231. The summed E-state index contributed by atoms with van der Waals surface area (Å²) in [5.41, 5.74) is 12.5. The maximum Gasteiger partial charge on any atom is 0.135 e. The van der Waals surface area contributed by atoms with Crippen LogP contribution in [0.2, 0.25) is 0 Å². The lowest BCUT2D eigenvalue weighted by Gasteiger charge is -2.29. The van der Waals surface area contributed by atoms with Gasteiger partial charge in [-0.15, -0.1) is 0 Å². The van der Waals surface area contributed by atoms with Crippen LogP contribution in [0.25, 0.3) is 43.8 Å². The molecule has 1 heterocycles. The zero-order valence-corrected chi connectivity index (χ0v) is 22.2. The molecule has 1 heteroatoms. The number of rotatable bonds is 3.